The molecule has 106 valence electrons. The van der Waals surface area contributed by atoms with Gasteiger partial charge in [0.1, 0.15) is 0 Å². The van der Waals surface area contributed by atoms with E-state index in [1.165, 1.54) is 16.3 Å². The van der Waals surface area contributed by atoms with Gasteiger partial charge in [-0.15, -0.1) is 11.3 Å². The zero-order chi connectivity index (χ0) is 13.6. The van der Waals surface area contributed by atoms with Crippen LogP contribution in [-0.4, -0.2) is 32.8 Å². The summed E-state index contributed by atoms with van der Waals surface area (Å²) in [7, 11) is 0. The lowest BCUT2D eigenvalue weighted by Crippen LogP contribution is -2.36. The summed E-state index contributed by atoms with van der Waals surface area (Å²) in [6.07, 6.45) is 1.09. The molecule has 3 nitrogen and oxygen atoms in total. The van der Waals surface area contributed by atoms with Gasteiger partial charge in [0.05, 0.1) is 13.2 Å². The fraction of sp³-hybridized carbons (Fsp3) is 0.375. The first-order valence-corrected chi connectivity index (χ1v) is 7.99. The Labute approximate surface area is 124 Å². The van der Waals surface area contributed by atoms with Gasteiger partial charge in [-0.1, -0.05) is 6.07 Å². The summed E-state index contributed by atoms with van der Waals surface area (Å²) in [6.45, 7) is 4.63. The highest BCUT2D eigenvalue weighted by molar-refractivity contribution is 7.09. The largest absolute Gasteiger partial charge is 0.385 e. The predicted molar refractivity (Wildman–Crippen MR) is 86.0 cm³/mol. The van der Waals surface area contributed by atoms with Crippen molar-refractivity contribution in [3.63, 3.8) is 0 Å². The summed E-state index contributed by atoms with van der Waals surface area (Å²) in [5.74, 6) is 0. The number of anilines is 2. The van der Waals surface area contributed by atoms with Crippen molar-refractivity contribution in [1.82, 2.24) is 0 Å². The number of thiophene rings is 1. The van der Waals surface area contributed by atoms with Gasteiger partial charge in [-0.2, -0.15) is 0 Å². The average Bonchev–Trinajstić information content (AvgIpc) is 3.02. The molecule has 1 N–H and O–H groups in total. The molecule has 1 fully saturated rings. The molecule has 0 saturated carbocycles. The molecule has 1 aromatic carbocycles. The summed E-state index contributed by atoms with van der Waals surface area (Å²) in [5.41, 5.74) is 2.48. The Kier molecular flexibility index (Phi) is 4.56. The second-order valence-corrected chi connectivity index (χ2v) is 5.93. The lowest BCUT2D eigenvalue weighted by molar-refractivity contribution is 0.122. The highest BCUT2D eigenvalue weighted by Crippen LogP contribution is 2.19. The summed E-state index contributed by atoms with van der Waals surface area (Å²) in [4.78, 5) is 3.81. The number of rotatable bonds is 5. The van der Waals surface area contributed by atoms with Gasteiger partial charge in [0.2, 0.25) is 0 Å². The molecule has 2 aromatic rings. The molecular formula is C16H20N2OS. The molecule has 0 aliphatic carbocycles. The fourth-order valence-electron chi connectivity index (χ4n) is 2.40. The van der Waals surface area contributed by atoms with Crippen LogP contribution in [0.5, 0.6) is 0 Å². The SMILES string of the molecule is c1csc(CCNc2ccc(N3CCOCC3)cc2)c1. The van der Waals surface area contributed by atoms with Gasteiger partial charge in [0.15, 0.2) is 0 Å². The number of hydrogen-bond donors (Lipinski definition) is 1. The van der Waals surface area contributed by atoms with Crippen LogP contribution in [0.3, 0.4) is 0 Å². The molecule has 20 heavy (non-hydrogen) atoms. The minimum atomic E-state index is 0.834. The topological polar surface area (TPSA) is 24.5 Å². The second-order valence-electron chi connectivity index (χ2n) is 4.90. The van der Waals surface area contributed by atoms with Gasteiger partial charge >= 0.3 is 0 Å². The van der Waals surface area contributed by atoms with Gasteiger partial charge in [0.25, 0.3) is 0 Å². The minimum absolute atomic E-state index is 0.834. The highest BCUT2D eigenvalue weighted by atomic mass is 32.1. The Balaban J connectivity index is 1.50. The van der Waals surface area contributed by atoms with Crippen LogP contribution in [0.4, 0.5) is 11.4 Å². The molecule has 0 amide bonds. The van der Waals surface area contributed by atoms with E-state index >= 15 is 0 Å². The summed E-state index contributed by atoms with van der Waals surface area (Å²) < 4.78 is 5.38. The smallest absolute Gasteiger partial charge is 0.0642 e. The van der Waals surface area contributed by atoms with Crippen molar-refractivity contribution in [2.75, 3.05) is 43.1 Å². The monoisotopic (exact) mass is 288 g/mol. The van der Waals surface area contributed by atoms with E-state index in [0.717, 1.165) is 39.3 Å². The molecule has 1 aliphatic rings. The summed E-state index contributed by atoms with van der Waals surface area (Å²) in [6, 6.07) is 13.0. The number of nitrogens with zero attached hydrogens (tertiary/aromatic N) is 1. The van der Waals surface area contributed by atoms with Gasteiger partial charge in [-0.05, 0) is 42.1 Å². The Bertz CT molecular complexity index is 504. The number of nitrogens with one attached hydrogen (secondary N) is 1. The Morgan fingerprint density at radius 2 is 1.90 bits per heavy atom. The quantitative estimate of drug-likeness (QED) is 0.914. The van der Waals surface area contributed by atoms with Crippen molar-refractivity contribution in [2.45, 2.75) is 6.42 Å². The average molecular weight is 288 g/mol. The van der Waals surface area contributed by atoms with Crippen molar-refractivity contribution in [3.8, 4) is 0 Å². The lowest BCUT2D eigenvalue weighted by atomic mass is 10.2. The van der Waals surface area contributed by atoms with Crippen molar-refractivity contribution < 1.29 is 4.74 Å². The molecule has 1 saturated heterocycles. The molecular weight excluding hydrogens is 268 g/mol. The van der Waals surface area contributed by atoms with Crippen molar-refractivity contribution >= 4 is 22.7 Å². The molecule has 3 rings (SSSR count). The van der Waals surface area contributed by atoms with Crippen LogP contribution < -0.4 is 10.2 Å². The van der Waals surface area contributed by atoms with Crippen LogP contribution in [-0.2, 0) is 11.2 Å². The normalized spacial score (nSPS) is 15.3. The summed E-state index contributed by atoms with van der Waals surface area (Å²) in [5, 5.41) is 5.61. The van der Waals surface area contributed by atoms with Crippen LogP contribution in [0.2, 0.25) is 0 Å². The molecule has 1 aromatic heterocycles. The highest BCUT2D eigenvalue weighted by Gasteiger charge is 2.10. The number of ether oxygens (including phenoxy) is 1. The summed E-state index contributed by atoms with van der Waals surface area (Å²) >= 11 is 1.82. The van der Waals surface area contributed by atoms with E-state index in [1.54, 1.807) is 0 Å². The van der Waals surface area contributed by atoms with E-state index in [-0.39, 0.29) is 0 Å². The Hall–Kier alpha value is -1.52. The van der Waals surface area contributed by atoms with E-state index in [2.05, 4.69) is 52.0 Å². The third-order valence-electron chi connectivity index (χ3n) is 3.52. The first-order valence-electron chi connectivity index (χ1n) is 7.11. The molecule has 2 heterocycles. The zero-order valence-corrected chi connectivity index (χ0v) is 12.4. The van der Waals surface area contributed by atoms with Gasteiger partial charge < -0.3 is 15.0 Å². The number of hydrogen-bond acceptors (Lipinski definition) is 4. The molecule has 4 heteroatoms. The number of morpholine rings is 1. The molecule has 0 radical (unpaired) electrons. The Morgan fingerprint density at radius 3 is 2.60 bits per heavy atom. The van der Waals surface area contributed by atoms with Gasteiger partial charge in [-0.3, -0.25) is 0 Å². The van der Waals surface area contributed by atoms with E-state index in [9.17, 15) is 0 Å². The standard InChI is InChI=1S/C16H20N2OS/c1-2-16(20-13-1)7-8-17-14-3-5-15(6-4-14)18-9-11-19-12-10-18/h1-6,13,17H,7-12H2. The van der Waals surface area contributed by atoms with Crippen LogP contribution in [0.1, 0.15) is 4.88 Å². The predicted octanol–water partition coefficient (Wildman–Crippen LogP) is 3.24. The van der Waals surface area contributed by atoms with Gasteiger partial charge in [-0.25, -0.2) is 0 Å². The van der Waals surface area contributed by atoms with Crippen LogP contribution in [0, 0.1) is 0 Å². The molecule has 0 spiro atoms. The minimum Gasteiger partial charge on any atom is -0.385 e. The van der Waals surface area contributed by atoms with Crippen LogP contribution >= 0.6 is 11.3 Å². The van der Waals surface area contributed by atoms with Gasteiger partial charge in [0, 0.05) is 35.9 Å². The number of benzene rings is 1. The third-order valence-corrected chi connectivity index (χ3v) is 4.46. The Morgan fingerprint density at radius 1 is 1.10 bits per heavy atom. The lowest BCUT2D eigenvalue weighted by Gasteiger charge is -2.28. The first-order chi connectivity index (χ1) is 9.92. The molecule has 0 atom stereocenters. The van der Waals surface area contributed by atoms with Crippen molar-refractivity contribution in [3.05, 3.63) is 46.7 Å². The van der Waals surface area contributed by atoms with E-state index < -0.39 is 0 Å². The third kappa shape index (κ3) is 3.52. The maximum atomic E-state index is 5.38. The van der Waals surface area contributed by atoms with E-state index in [0.29, 0.717) is 0 Å². The van der Waals surface area contributed by atoms with Crippen LogP contribution in [0.25, 0.3) is 0 Å². The molecule has 0 bridgehead atoms. The first kappa shape index (κ1) is 13.5. The maximum absolute atomic E-state index is 5.38. The van der Waals surface area contributed by atoms with E-state index in [4.69, 9.17) is 4.74 Å². The maximum Gasteiger partial charge on any atom is 0.0642 e. The second kappa shape index (κ2) is 6.77. The molecule has 0 unspecified atom stereocenters. The molecule has 1 aliphatic heterocycles. The van der Waals surface area contributed by atoms with E-state index in [1.807, 2.05) is 11.3 Å². The van der Waals surface area contributed by atoms with Crippen molar-refractivity contribution in [2.24, 2.45) is 0 Å². The van der Waals surface area contributed by atoms with Crippen molar-refractivity contribution in [1.29, 1.82) is 0 Å². The fourth-order valence-corrected chi connectivity index (χ4v) is 3.11. The zero-order valence-electron chi connectivity index (χ0n) is 11.5. The van der Waals surface area contributed by atoms with Crippen LogP contribution in [0.15, 0.2) is 41.8 Å².